The molecule has 0 saturated heterocycles. The monoisotopic (exact) mass is 291 g/mol. The number of hydrogen-bond donors (Lipinski definition) is 3. The number of anilines is 1. The molecule has 1 rings (SSSR count). The molecule has 21 heavy (non-hydrogen) atoms. The van der Waals surface area contributed by atoms with Crippen molar-refractivity contribution in [2.45, 2.75) is 33.7 Å². The maximum absolute atomic E-state index is 12.2. The van der Waals surface area contributed by atoms with Gasteiger partial charge in [0.05, 0.1) is 17.3 Å². The first-order chi connectivity index (χ1) is 9.82. The Morgan fingerprint density at radius 3 is 2.33 bits per heavy atom. The summed E-state index contributed by atoms with van der Waals surface area (Å²) in [6.07, 6.45) is 0. The van der Waals surface area contributed by atoms with Crippen LogP contribution in [0.4, 0.5) is 5.69 Å². The van der Waals surface area contributed by atoms with E-state index in [9.17, 15) is 9.59 Å². The summed E-state index contributed by atoms with van der Waals surface area (Å²) < 4.78 is 0. The van der Waals surface area contributed by atoms with Crippen LogP contribution in [0.5, 0.6) is 0 Å². The molecule has 0 radical (unpaired) electrons. The summed E-state index contributed by atoms with van der Waals surface area (Å²) in [7, 11) is 0. The smallest absolute Gasteiger partial charge is 0.253 e. The minimum absolute atomic E-state index is 0.0342. The molecule has 0 spiro atoms. The van der Waals surface area contributed by atoms with Gasteiger partial charge in [-0.05, 0) is 24.0 Å². The van der Waals surface area contributed by atoms with Crippen molar-refractivity contribution in [3.8, 4) is 0 Å². The summed E-state index contributed by atoms with van der Waals surface area (Å²) in [6.45, 7) is 8.40. The largest absolute Gasteiger partial charge is 0.352 e. The Balaban J connectivity index is 2.84. The molecule has 2 amide bonds. The lowest BCUT2D eigenvalue weighted by Crippen LogP contribution is -2.40. The molecular weight excluding hydrogens is 266 g/mol. The first-order valence-electron chi connectivity index (χ1n) is 7.26. The summed E-state index contributed by atoms with van der Waals surface area (Å²) in [5, 5.41) is 5.58. The van der Waals surface area contributed by atoms with Gasteiger partial charge in [-0.3, -0.25) is 9.59 Å². The van der Waals surface area contributed by atoms with Crippen molar-refractivity contribution < 1.29 is 9.59 Å². The van der Waals surface area contributed by atoms with E-state index in [1.807, 2.05) is 27.7 Å². The Morgan fingerprint density at radius 1 is 1.14 bits per heavy atom. The van der Waals surface area contributed by atoms with Gasteiger partial charge in [0.25, 0.3) is 5.91 Å². The minimum atomic E-state index is -0.600. The van der Waals surface area contributed by atoms with E-state index >= 15 is 0 Å². The average Bonchev–Trinajstić information content (AvgIpc) is 2.44. The first kappa shape index (κ1) is 17.2. The molecule has 1 atom stereocenters. The number of hydrogen-bond acceptors (Lipinski definition) is 3. The van der Waals surface area contributed by atoms with E-state index < -0.39 is 6.04 Å². The second-order valence-corrected chi connectivity index (χ2v) is 5.91. The van der Waals surface area contributed by atoms with Gasteiger partial charge < -0.3 is 16.4 Å². The van der Waals surface area contributed by atoms with Gasteiger partial charge >= 0.3 is 0 Å². The Bertz CT molecular complexity index is 498. The molecule has 4 N–H and O–H groups in total. The SMILES string of the molecule is CC(C)CNC(=O)c1ccccc1NC(=O)C(N)C(C)C. The standard InChI is InChI=1S/C16H25N3O2/c1-10(2)9-18-15(20)12-7-5-6-8-13(12)19-16(21)14(17)11(3)4/h5-8,10-11,14H,9,17H2,1-4H3,(H,18,20)(H,19,21). The molecule has 0 aromatic heterocycles. The second-order valence-electron chi connectivity index (χ2n) is 5.91. The van der Waals surface area contributed by atoms with Crippen molar-refractivity contribution in [2.24, 2.45) is 17.6 Å². The van der Waals surface area contributed by atoms with Crippen LogP contribution in [0.2, 0.25) is 0 Å². The lowest BCUT2D eigenvalue weighted by Gasteiger charge is -2.17. The number of nitrogens with two attached hydrogens (primary N) is 1. The Labute approximate surface area is 126 Å². The van der Waals surface area contributed by atoms with Crippen LogP contribution in [0, 0.1) is 11.8 Å². The topological polar surface area (TPSA) is 84.2 Å². The van der Waals surface area contributed by atoms with Crippen LogP contribution < -0.4 is 16.4 Å². The van der Waals surface area contributed by atoms with Crippen LogP contribution in [-0.2, 0) is 4.79 Å². The number of para-hydroxylation sites is 1. The van der Waals surface area contributed by atoms with E-state index in [-0.39, 0.29) is 17.7 Å². The molecule has 1 unspecified atom stereocenters. The molecular formula is C16H25N3O2. The van der Waals surface area contributed by atoms with E-state index in [4.69, 9.17) is 5.73 Å². The van der Waals surface area contributed by atoms with Crippen LogP contribution in [0.25, 0.3) is 0 Å². The predicted molar refractivity (Wildman–Crippen MR) is 85.1 cm³/mol. The van der Waals surface area contributed by atoms with Crippen molar-refractivity contribution in [2.75, 3.05) is 11.9 Å². The van der Waals surface area contributed by atoms with Gasteiger partial charge in [0, 0.05) is 6.54 Å². The summed E-state index contributed by atoms with van der Waals surface area (Å²) >= 11 is 0. The third-order valence-corrected chi connectivity index (χ3v) is 3.12. The maximum Gasteiger partial charge on any atom is 0.253 e. The molecule has 5 nitrogen and oxygen atoms in total. The van der Waals surface area contributed by atoms with Gasteiger partial charge in [-0.2, -0.15) is 0 Å². The lowest BCUT2D eigenvalue weighted by molar-refractivity contribution is -0.118. The van der Waals surface area contributed by atoms with Crippen molar-refractivity contribution in [1.29, 1.82) is 0 Å². The molecule has 0 heterocycles. The summed E-state index contributed by atoms with van der Waals surface area (Å²) in [4.78, 5) is 24.2. The average molecular weight is 291 g/mol. The fourth-order valence-corrected chi connectivity index (χ4v) is 1.70. The molecule has 0 aliphatic carbocycles. The van der Waals surface area contributed by atoms with Gasteiger partial charge in [0.15, 0.2) is 0 Å². The van der Waals surface area contributed by atoms with E-state index in [2.05, 4.69) is 10.6 Å². The normalized spacial score (nSPS) is 12.3. The highest BCUT2D eigenvalue weighted by Crippen LogP contribution is 2.16. The zero-order valence-corrected chi connectivity index (χ0v) is 13.1. The maximum atomic E-state index is 12.2. The number of rotatable bonds is 6. The van der Waals surface area contributed by atoms with Crippen molar-refractivity contribution in [3.05, 3.63) is 29.8 Å². The molecule has 0 saturated carbocycles. The number of benzene rings is 1. The number of carbonyl (C=O) groups is 2. The molecule has 1 aromatic rings. The summed E-state index contributed by atoms with van der Waals surface area (Å²) in [5.74, 6) is -0.0798. The highest BCUT2D eigenvalue weighted by Gasteiger charge is 2.19. The highest BCUT2D eigenvalue weighted by molar-refractivity contribution is 6.04. The third-order valence-electron chi connectivity index (χ3n) is 3.12. The van der Waals surface area contributed by atoms with Crippen molar-refractivity contribution in [1.82, 2.24) is 5.32 Å². The lowest BCUT2D eigenvalue weighted by atomic mass is 10.0. The van der Waals surface area contributed by atoms with Crippen LogP contribution in [0.1, 0.15) is 38.1 Å². The summed E-state index contributed by atoms with van der Waals surface area (Å²) in [6, 6.07) is 6.33. The minimum Gasteiger partial charge on any atom is -0.352 e. The molecule has 0 bridgehead atoms. The van der Waals surface area contributed by atoms with Gasteiger partial charge in [0.2, 0.25) is 5.91 Å². The zero-order valence-electron chi connectivity index (χ0n) is 13.1. The van der Waals surface area contributed by atoms with Gasteiger partial charge in [-0.25, -0.2) is 0 Å². The van der Waals surface area contributed by atoms with E-state index in [1.165, 1.54) is 0 Å². The van der Waals surface area contributed by atoms with Gasteiger partial charge in [-0.1, -0.05) is 39.8 Å². The number of amides is 2. The Morgan fingerprint density at radius 2 is 1.76 bits per heavy atom. The fourth-order valence-electron chi connectivity index (χ4n) is 1.70. The number of carbonyl (C=O) groups excluding carboxylic acids is 2. The zero-order chi connectivity index (χ0) is 16.0. The predicted octanol–water partition coefficient (Wildman–Crippen LogP) is 1.99. The molecule has 5 heteroatoms. The van der Waals surface area contributed by atoms with E-state index in [0.717, 1.165) is 0 Å². The van der Waals surface area contributed by atoms with Crippen LogP contribution >= 0.6 is 0 Å². The number of nitrogens with one attached hydrogen (secondary N) is 2. The third kappa shape index (κ3) is 5.19. The van der Waals surface area contributed by atoms with Gasteiger partial charge in [0.1, 0.15) is 0 Å². The fraction of sp³-hybridized carbons (Fsp3) is 0.500. The second kappa shape index (κ2) is 7.78. The Hall–Kier alpha value is -1.88. The molecule has 116 valence electrons. The Kier molecular flexibility index (Phi) is 6.37. The molecule has 0 fully saturated rings. The van der Waals surface area contributed by atoms with E-state index in [0.29, 0.717) is 23.7 Å². The van der Waals surface area contributed by atoms with Crippen molar-refractivity contribution >= 4 is 17.5 Å². The molecule has 0 aliphatic heterocycles. The summed E-state index contributed by atoms with van der Waals surface area (Å²) in [5.41, 5.74) is 6.75. The van der Waals surface area contributed by atoms with Crippen LogP contribution in [0.3, 0.4) is 0 Å². The quantitative estimate of drug-likeness (QED) is 0.749. The first-order valence-corrected chi connectivity index (χ1v) is 7.26. The van der Waals surface area contributed by atoms with E-state index in [1.54, 1.807) is 24.3 Å². The molecule has 0 aliphatic rings. The van der Waals surface area contributed by atoms with Crippen LogP contribution in [0.15, 0.2) is 24.3 Å². The van der Waals surface area contributed by atoms with Crippen LogP contribution in [-0.4, -0.2) is 24.4 Å². The van der Waals surface area contributed by atoms with Gasteiger partial charge in [-0.15, -0.1) is 0 Å². The highest BCUT2D eigenvalue weighted by atomic mass is 16.2. The molecule has 1 aromatic carbocycles. The van der Waals surface area contributed by atoms with Crippen molar-refractivity contribution in [3.63, 3.8) is 0 Å².